The van der Waals surface area contributed by atoms with Gasteiger partial charge in [0.05, 0.1) is 17.1 Å². The number of aliphatic hydroxyl groups excluding tert-OH is 1. The summed E-state index contributed by atoms with van der Waals surface area (Å²) in [6.45, 7) is 2.80. The van der Waals surface area contributed by atoms with Crippen LogP contribution in [-0.2, 0) is 14.2 Å². The van der Waals surface area contributed by atoms with Gasteiger partial charge < -0.3 is 19.3 Å². The van der Waals surface area contributed by atoms with Crippen molar-refractivity contribution in [2.24, 2.45) is 0 Å². The largest absolute Gasteiger partial charge is 0.453 e. The van der Waals surface area contributed by atoms with Crippen molar-refractivity contribution in [1.82, 2.24) is 0 Å². The molecular weight excluding hydrogens is 318 g/mol. The van der Waals surface area contributed by atoms with E-state index in [0.29, 0.717) is 0 Å². The zero-order chi connectivity index (χ0) is 17.9. The number of non-ortho nitro benzene ring substituents is 1. The second-order valence-electron chi connectivity index (χ2n) is 5.62. The monoisotopic (exact) mass is 335 g/mol. The zero-order valence-electron chi connectivity index (χ0n) is 13.2. The maximum atomic E-state index is 12.2. The van der Waals surface area contributed by atoms with Gasteiger partial charge in [0.25, 0.3) is 5.69 Å². The highest BCUT2D eigenvalue weighted by atomic mass is 16.8. The van der Waals surface area contributed by atoms with Crippen LogP contribution in [0.5, 0.6) is 0 Å². The number of esters is 1. The summed E-state index contributed by atoms with van der Waals surface area (Å²) in [6, 6.07) is 4.91. The first-order chi connectivity index (χ1) is 11.3. The maximum Gasteiger partial charge on any atom is 0.338 e. The molecule has 3 atom stereocenters. The zero-order valence-corrected chi connectivity index (χ0v) is 13.2. The van der Waals surface area contributed by atoms with E-state index in [1.165, 1.54) is 24.3 Å². The van der Waals surface area contributed by atoms with Gasteiger partial charge in [-0.2, -0.15) is 0 Å². The van der Waals surface area contributed by atoms with Crippen molar-refractivity contribution in [3.05, 3.63) is 39.9 Å². The van der Waals surface area contributed by atoms with Crippen LogP contribution in [0.25, 0.3) is 0 Å². The Hall–Kier alpha value is -2.47. The van der Waals surface area contributed by atoms with Gasteiger partial charge >= 0.3 is 5.97 Å². The van der Waals surface area contributed by atoms with E-state index in [1.54, 1.807) is 13.8 Å². The molecule has 24 heavy (non-hydrogen) atoms. The minimum absolute atomic E-state index is 0.106. The van der Waals surface area contributed by atoms with Gasteiger partial charge in [-0.1, -0.05) is 5.92 Å². The molecule has 1 heterocycles. The van der Waals surface area contributed by atoms with Crippen LogP contribution in [-0.4, -0.2) is 46.7 Å². The normalized spacial score (nSPS) is 23.2. The molecule has 0 unspecified atom stereocenters. The number of nitro benzene ring substituents is 1. The number of nitro groups is 1. The second-order valence-corrected chi connectivity index (χ2v) is 5.62. The lowest BCUT2D eigenvalue weighted by Gasteiger charge is -2.23. The summed E-state index contributed by atoms with van der Waals surface area (Å²) in [5.74, 6) is 0.673. The van der Waals surface area contributed by atoms with Crippen molar-refractivity contribution in [2.75, 3.05) is 6.61 Å². The first kappa shape index (κ1) is 17.9. The molecule has 0 amide bonds. The standard InChI is InChI=1S/C16H17NO7/c1-4-12-14(24-16(2,3)23-12)13(9-18)22-15(19)10-5-7-11(8-6-10)17(20)21/h1,5-8,12-14,18H,9H2,2-3H3/t12-,13-,14+/m1/s1. The van der Waals surface area contributed by atoms with Crippen LogP contribution in [0.2, 0.25) is 0 Å². The predicted octanol–water partition coefficient (Wildman–Crippen LogP) is 1.27. The number of hydrogen-bond donors (Lipinski definition) is 1. The Labute approximate surface area is 138 Å². The molecule has 0 radical (unpaired) electrons. The van der Waals surface area contributed by atoms with Gasteiger partial charge in [0, 0.05) is 12.1 Å². The smallest absolute Gasteiger partial charge is 0.338 e. The molecule has 0 aliphatic carbocycles. The summed E-state index contributed by atoms with van der Waals surface area (Å²) >= 11 is 0. The molecule has 0 spiro atoms. The fourth-order valence-corrected chi connectivity index (χ4v) is 2.32. The maximum absolute atomic E-state index is 12.2. The number of nitrogens with zero attached hydrogens (tertiary/aromatic N) is 1. The molecule has 8 heteroatoms. The summed E-state index contributed by atoms with van der Waals surface area (Å²) in [6.07, 6.45) is 2.75. The minimum atomic E-state index is -1.03. The van der Waals surface area contributed by atoms with Gasteiger partial charge in [0.1, 0.15) is 6.10 Å². The van der Waals surface area contributed by atoms with E-state index in [-0.39, 0.29) is 11.3 Å². The molecule has 1 aliphatic heterocycles. The van der Waals surface area contributed by atoms with Crippen molar-refractivity contribution < 1.29 is 29.0 Å². The highest BCUT2D eigenvalue weighted by Gasteiger charge is 2.45. The van der Waals surface area contributed by atoms with Gasteiger partial charge in [-0.05, 0) is 26.0 Å². The fraction of sp³-hybridized carbons (Fsp3) is 0.438. The molecule has 0 bridgehead atoms. The highest BCUT2D eigenvalue weighted by Crippen LogP contribution is 2.31. The molecule has 8 nitrogen and oxygen atoms in total. The molecule has 1 aliphatic rings. The Balaban J connectivity index is 2.11. The average Bonchev–Trinajstić information content (AvgIpc) is 2.87. The SMILES string of the molecule is C#C[C@H]1OC(C)(C)O[C@@H]1[C@@H](CO)OC(=O)c1ccc([N+](=O)[O-])cc1. The van der Waals surface area contributed by atoms with Gasteiger partial charge in [-0.25, -0.2) is 4.79 Å². The lowest BCUT2D eigenvalue weighted by molar-refractivity contribution is -0.384. The summed E-state index contributed by atoms with van der Waals surface area (Å²) < 4.78 is 16.3. The molecule has 0 aromatic heterocycles. The fourth-order valence-electron chi connectivity index (χ4n) is 2.32. The Kier molecular flexibility index (Phi) is 5.19. The number of benzene rings is 1. The molecule has 0 saturated carbocycles. The third kappa shape index (κ3) is 3.89. The quantitative estimate of drug-likeness (QED) is 0.373. The molecule has 1 aromatic rings. The molecule has 2 rings (SSSR count). The van der Waals surface area contributed by atoms with Crippen LogP contribution >= 0.6 is 0 Å². The molecular formula is C16H17NO7. The van der Waals surface area contributed by atoms with E-state index in [9.17, 15) is 20.0 Å². The second kappa shape index (κ2) is 6.97. The predicted molar refractivity (Wildman–Crippen MR) is 82.0 cm³/mol. The van der Waals surface area contributed by atoms with E-state index in [0.717, 1.165) is 0 Å². The van der Waals surface area contributed by atoms with Crippen molar-refractivity contribution in [1.29, 1.82) is 0 Å². The summed E-state index contributed by atoms with van der Waals surface area (Å²) in [5, 5.41) is 20.1. The van der Waals surface area contributed by atoms with E-state index >= 15 is 0 Å². The van der Waals surface area contributed by atoms with Crippen LogP contribution in [0.15, 0.2) is 24.3 Å². The number of rotatable bonds is 5. The van der Waals surface area contributed by atoms with E-state index in [4.69, 9.17) is 20.6 Å². The first-order valence-corrected chi connectivity index (χ1v) is 7.15. The van der Waals surface area contributed by atoms with Crippen molar-refractivity contribution in [2.45, 2.75) is 37.9 Å². The average molecular weight is 335 g/mol. The van der Waals surface area contributed by atoms with E-state index in [2.05, 4.69) is 5.92 Å². The Morgan fingerprint density at radius 3 is 2.58 bits per heavy atom. The van der Waals surface area contributed by atoms with E-state index in [1.807, 2.05) is 0 Å². The van der Waals surface area contributed by atoms with Gasteiger partial charge in [0.2, 0.25) is 0 Å². The minimum Gasteiger partial charge on any atom is -0.453 e. The lowest BCUT2D eigenvalue weighted by Crippen LogP contribution is -2.40. The molecule has 1 saturated heterocycles. The summed E-state index contributed by atoms with van der Waals surface area (Å²) in [4.78, 5) is 22.2. The number of aliphatic hydroxyl groups is 1. The summed E-state index contributed by atoms with van der Waals surface area (Å²) in [7, 11) is 0. The third-order valence-electron chi connectivity index (χ3n) is 3.41. The van der Waals surface area contributed by atoms with Gasteiger partial charge in [0.15, 0.2) is 18.0 Å². The topological polar surface area (TPSA) is 108 Å². The van der Waals surface area contributed by atoms with Gasteiger partial charge in [-0.15, -0.1) is 6.42 Å². The Bertz CT molecular complexity index is 662. The van der Waals surface area contributed by atoms with Crippen LogP contribution in [0.1, 0.15) is 24.2 Å². The van der Waals surface area contributed by atoms with Crippen LogP contribution in [0.4, 0.5) is 5.69 Å². The Morgan fingerprint density at radius 1 is 1.46 bits per heavy atom. The van der Waals surface area contributed by atoms with Crippen LogP contribution in [0.3, 0.4) is 0 Å². The van der Waals surface area contributed by atoms with Crippen molar-refractivity contribution in [3.63, 3.8) is 0 Å². The first-order valence-electron chi connectivity index (χ1n) is 7.15. The molecule has 1 aromatic carbocycles. The highest BCUT2D eigenvalue weighted by molar-refractivity contribution is 5.89. The third-order valence-corrected chi connectivity index (χ3v) is 3.41. The molecule has 1 N–H and O–H groups in total. The van der Waals surface area contributed by atoms with E-state index < -0.39 is 41.6 Å². The number of hydrogen-bond acceptors (Lipinski definition) is 7. The van der Waals surface area contributed by atoms with Crippen molar-refractivity contribution in [3.8, 4) is 12.3 Å². The van der Waals surface area contributed by atoms with Gasteiger partial charge in [-0.3, -0.25) is 10.1 Å². The molecule has 128 valence electrons. The summed E-state index contributed by atoms with van der Waals surface area (Å²) in [5.41, 5.74) is -0.0404. The van der Waals surface area contributed by atoms with Crippen LogP contribution in [0, 0.1) is 22.5 Å². The number of terminal acetylenes is 1. The van der Waals surface area contributed by atoms with Crippen molar-refractivity contribution >= 4 is 11.7 Å². The number of carbonyl (C=O) groups is 1. The number of ether oxygens (including phenoxy) is 3. The lowest BCUT2D eigenvalue weighted by atomic mass is 10.1. The molecule has 1 fully saturated rings. The Morgan fingerprint density at radius 2 is 2.08 bits per heavy atom. The number of carbonyl (C=O) groups excluding carboxylic acids is 1. The van der Waals surface area contributed by atoms with Crippen LogP contribution < -0.4 is 0 Å².